The second-order valence-corrected chi connectivity index (χ2v) is 4.66. The second-order valence-electron chi connectivity index (χ2n) is 4.66. The molecule has 1 aliphatic rings. The van der Waals surface area contributed by atoms with Crippen molar-refractivity contribution >= 4 is 0 Å². The van der Waals surface area contributed by atoms with Gasteiger partial charge in [-0.2, -0.15) is 0 Å². The summed E-state index contributed by atoms with van der Waals surface area (Å²) < 4.78 is 5.46. The van der Waals surface area contributed by atoms with Gasteiger partial charge in [0.2, 0.25) is 0 Å². The van der Waals surface area contributed by atoms with Crippen molar-refractivity contribution in [2.45, 2.75) is 25.8 Å². The Hall–Kier alpha value is -1.06. The van der Waals surface area contributed by atoms with E-state index >= 15 is 0 Å². The fourth-order valence-electron chi connectivity index (χ4n) is 2.42. The number of likely N-dealkylation sites (N-methyl/N-ethyl adjacent to an activating group) is 1. The molecule has 1 fully saturated rings. The molecule has 2 rings (SSSR count). The van der Waals surface area contributed by atoms with Gasteiger partial charge in [0.1, 0.15) is 5.75 Å². The van der Waals surface area contributed by atoms with E-state index in [9.17, 15) is 5.11 Å². The molecule has 17 heavy (non-hydrogen) atoms. The Kier molecular flexibility index (Phi) is 4.40. The molecule has 0 saturated carbocycles. The first-order chi connectivity index (χ1) is 8.29. The number of nitrogens with one attached hydrogen (secondary N) is 1. The first kappa shape index (κ1) is 12.4. The maximum atomic E-state index is 9.27. The Morgan fingerprint density at radius 1 is 1.41 bits per heavy atom. The summed E-state index contributed by atoms with van der Waals surface area (Å²) in [6.07, 6.45) is 2.15. The average molecular weight is 235 g/mol. The standard InChI is InChI=1S/C14H21NO2/c1-2-15-14(12-7-8-17-10-12)9-11-3-5-13(16)6-4-11/h3-6,12,14-16H,2,7-10H2,1H3. The minimum Gasteiger partial charge on any atom is -0.508 e. The molecule has 94 valence electrons. The van der Waals surface area contributed by atoms with Crippen LogP contribution in [0.1, 0.15) is 18.9 Å². The lowest BCUT2D eigenvalue weighted by atomic mass is 9.93. The molecule has 2 unspecified atom stereocenters. The number of hydrogen-bond donors (Lipinski definition) is 2. The lowest BCUT2D eigenvalue weighted by molar-refractivity contribution is 0.176. The summed E-state index contributed by atoms with van der Waals surface area (Å²) in [5.74, 6) is 0.946. The molecule has 1 aliphatic heterocycles. The summed E-state index contributed by atoms with van der Waals surface area (Å²) in [7, 11) is 0. The largest absolute Gasteiger partial charge is 0.508 e. The Balaban J connectivity index is 1.98. The van der Waals surface area contributed by atoms with Gasteiger partial charge < -0.3 is 15.2 Å². The Labute approximate surface area is 103 Å². The van der Waals surface area contributed by atoms with Gasteiger partial charge in [-0.3, -0.25) is 0 Å². The van der Waals surface area contributed by atoms with Crippen molar-refractivity contribution in [1.82, 2.24) is 5.32 Å². The fourth-order valence-corrected chi connectivity index (χ4v) is 2.42. The van der Waals surface area contributed by atoms with E-state index in [4.69, 9.17) is 4.74 Å². The molecule has 0 radical (unpaired) electrons. The first-order valence-electron chi connectivity index (χ1n) is 6.38. The van der Waals surface area contributed by atoms with Crippen molar-refractivity contribution in [1.29, 1.82) is 0 Å². The molecule has 0 aromatic heterocycles. The molecule has 3 nitrogen and oxygen atoms in total. The van der Waals surface area contributed by atoms with Crippen molar-refractivity contribution in [3.63, 3.8) is 0 Å². The zero-order chi connectivity index (χ0) is 12.1. The van der Waals surface area contributed by atoms with E-state index in [1.807, 2.05) is 12.1 Å². The van der Waals surface area contributed by atoms with Gasteiger partial charge in [0.05, 0.1) is 6.61 Å². The minimum absolute atomic E-state index is 0.331. The summed E-state index contributed by atoms with van der Waals surface area (Å²) >= 11 is 0. The van der Waals surface area contributed by atoms with Gasteiger partial charge in [0, 0.05) is 18.6 Å². The molecule has 1 saturated heterocycles. The van der Waals surface area contributed by atoms with Crippen molar-refractivity contribution in [3.8, 4) is 5.75 Å². The number of ether oxygens (including phenoxy) is 1. The van der Waals surface area contributed by atoms with Gasteiger partial charge in [0.25, 0.3) is 0 Å². The number of aromatic hydroxyl groups is 1. The van der Waals surface area contributed by atoms with Crippen molar-refractivity contribution < 1.29 is 9.84 Å². The lowest BCUT2D eigenvalue weighted by Gasteiger charge is -2.23. The quantitative estimate of drug-likeness (QED) is 0.819. The van der Waals surface area contributed by atoms with Gasteiger partial charge in [-0.05, 0) is 37.1 Å². The predicted molar refractivity (Wildman–Crippen MR) is 68.2 cm³/mol. The number of benzene rings is 1. The van der Waals surface area contributed by atoms with Gasteiger partial charge in [0.15, 0.2) is 0 Å². The average Bonchev–Trinajstić information content (AvgIpc) is 2.85. The second kappa shape index (κ2) is 6.03. The van der Waals surface area contributed by atoms with Crippen LogP contribution >= 0.6 is 0 Å². The molecule has 1 aromatic carbocycles. The SMILES string of the molecule is CCNC(Cc1ccc(O)cc1)C1CCOC1. The monoisotopic (exact) mass is 235 g/mol. The van der Waals surface area contributed by atoms with Gasteiger partial charge in [-0.15, -0.1) is 0 Å². The third kappa shape index (κ3) is 3.45. The van der Waals surface area contributed by atoms with Gasteiger partial charge in [-0.25, -0.2) is 0 Å². The molecule has 1 heterocycles. The molecule has 2 atom stereocenters. The normalized spacial score (nSPS) is 21.6. The first-order valence-corrected chi connectivity index (χ1v) is 6.38. The summed E-state index contributed by atoms with van der Waals surface area (Å²) in [5, 5.41) is 12.8. The van der Waals surface area contributed by atoms with Gasteiger partial charge >= 0.3 is 0 Å². The van der Waals surface area contributed by atoms with Crippen molar-refractivity contribution in [2.75, 3.05) is 19.8 Å². The molecule has 0 aliphatic carbocycles. The number of hydrogen-bond acceptors (Lipinski definition) is 3. The highest BCUT2D eigenvalue weighted by atomic mass is 16.5. The van der Waals surface area contributed by atoms with E-state index in [1.165, 1.54) is 5.56 Å². The summed E-state index contributed by atoms with van der Waals surface area (Å²) in [4.78, 5) is 0. The fraction of sp³-hybridized carbons (Fsp3) is 0.571. The summed E-state index contributed by atoms with van der Waals surface area (Å²) in [5.41, 5.74) is 1.26. The Morgan fingerprint density at radius 3 is 2.76 bits per heavy atom. The van der Waals surface area contributed by atoms with Crippen LogP contribution in [0.15, 0.2) is 24.3 Å². The molecular formula is C14H21NO2. The van der Waals surface area contributed by atoms with Crippen LogP contribution in [-0.4, -0.2) is 30.9 Å². The van der Waals surface area contributed by atoms with E-state index in [0.717, 1.165) is 32.6 Å². The molecule has 3 heteroatoms. The van der Waals surface area contributed by atoms with E-state index < -0.39 is 0 Å². The lowest BCUT2D eigenvalue weighted by Crippen LogP contribution is -2.38. The molecule has 2 N–H and O–H groups in total. The summed E-state index contributed by atoms with van der Waals surface area (Å²) in [6, 6.07) is 7.98. The maximum absolute atomic E-state index is 9.27. The van der Waals surface area contributed by atoms with Crippen LogP contribution in [0.3, 0.4) is 0 Å². The van der Waals surface area contributed by atoms with Crippen LogP contribution in [0, 0.1) is 5.92 Å². The smallest absolute Gasteiger partial charge is 0.115 e. The third-order valence-electron chi connectivity index (χ3n) is 3.39. The topological polar surface area (TPSA) is 41.5 Å². The maximum Gasteiger partial charge on any atom is 0.115 e. The summed E-state index contributed by atoms with van der Waals surface area (Å²) in [6.45, 7) is 4.89. The highest BCUT2D eigenvalue weighted by molar-refractivity contribution is 5.26. The Morgan fingerprint density at radius 2 is 2.18 bits per heavy atom. The third-order valence-corrected chi connectivity index (χ3v) is 3.39. The van der Waals surface area contributed by atoms with E-state index in [1.54, 1.807) is 12.1 Å². The number of phenols is 1. The molecular weight excluding hydrogens is 214 g/mol. The molecule has 0 spiro atoms. The number of phenolic OH excluding ortho intramolecular Hbond substituents is 1. The van der Waals surface area contributed by atoms with Gasteiger partial charge in [-0.1, -0.05) is 19.1 Å². The minimum atomic E-state index is 0.331. The van der Waals surface area contributed by atoms with Crippen LogP contribution < -0.4 is 5.32 Å². The molecule has 0 bridgehead atoms. The zero-order valence-corrected chi connectivity index (χ0v) is 10.4. The highest BCUT2D eigenvalue weighted by Gasteiger charge is 2.25. The molecule has 1 aromatic rings. The van der Waals surface area contributed by atoms with Crippen molar-refractivity contribution in [2.24, 2.45) is 5.92 Å². The number of rotatable bonds is 5. The Bertz CT molecular complexity index is 331. The van der Waals surface area contributed by atoms with Crippen LogP contribution in [-0.2, 0) is 11.2 Å². The van der Waals surface area contributed by atoms with Crippen molar-refractivity contribution in [3.05, 3.63) is 29.8 Å². The predicted octanol–water partition coefficient (Wildman–Crippen LogP) is 1.95. The van der Waals surface area contributed by atoms with E-state index in [2.05, 4.69) is 12.2 Å². The van der Waals surface area contributed by atoms with Crippen LogP contribution in [0.4, 0.5) is 0 Å². The van der Waals surface area contributed by atoms with E-state index in [-0.39, 0.29) is 0 Å². The van der Waals surface area contributed by atoms with Crippen LogP contribution in [0.25, 0.3) is 0 Å². The zero-order valence-electron chi connectivity index (χ0n) is 10.4. The highest BCUT2D eigenvalue weighted by Crippen LogP contribution is 2.20. The van der Waals surface area contributed by atoms with E-state index in [0.29, 0.717) is 17.7 Å². The van der Waals surface area contributed by atoms with Crippen LogP contribution in [0.2, 0.25) is 0 Å². The van der Waals surface area contributed by atoms with Crippen LogP contribution in [0.5, 0.6) is 5.75 Å². The molecule has 0 amide bonds.